The molecular weight excluding hydrogens is 186 g/mol. The van der Waals surface area contributed by atoms with Crippen LogP contribution in [0.4, 0.5) is 0 Å². The SMILES string of the molecule is N#Cc1cc[c]cc1Oc1ccccc1. The largest absolute Gasteiger partial charge is 0.456 e. The average molecular weight is 194 g/mol. The van der Waals surface area contributed by atoms with Crippen molar-refractivity contribution in [2.75, 3.05) is 0 Å². The molecule has 2 aromatic carbocycles. The Morgan fingerprint density at radius 1 is 1.13 bits per heavy atom. The molecule has 0 saturated heterocycles. The molecule has 2 rings (SSSR count). The first-order valence-electron chi connectivity index (χ1n) is 4.53. The third kappa shape index (κ3) is 2.15. The van der Waals surface area contributed by atoms with Crippen molar-refractivity contribution in [1.29, 1.82) is 5.26 Å². The van der Waals surface area contributed by atoms with Gasteiger partial charge in [-0.2, -0.15) is 5.26 Å². The lowest BCUT2D eigenvalue weighted by Gasteiger charge is -2.05. The number of nitrogens with zero attached hydrogens (tertiary/aromatic N) is 1. The van der Waals surface area contributed by atoms with E-state index in [9.17, 15) is 0 Å². The minimum absolute atomic E-state index is 0.512. The summed E-state index contributed by atoms with van der Waals surface area (Å²) >= 11 is 0. The van der Waals surface area contributed by atoms with Crippen molar-refractivity contribution in [2.45, 2.75) is 0 Å². The number of rotatable bonds is 2. The molecule has 2 heteroatoms. The van der Waals surface area contributed by atoms with Crippen molar-refractivity contribution in [3.63, 3.8) is 0 Å². The van der Waals surface area contributed by atoms with Gasteiger partial charge in [-0.25, -0.2) is 0 Å². The molecule has 0 aliphatic carbocycles. The number of hydrogen-bond acceptors (Lipinski definition) is 2. The summed E-state index contributed by atoms with van der Waals surface area (Å²) in [5, 5.41) is 8.85. The van der Waals surface area contributed by atoms with Crippen LogP contribution in [0.25, 0.3) is 0 Å². The summed E-state index contributed by atoms with van der Waals surface area (Å²) in [6.07, 6.45) is 0. The van der Waals surface area contributed by atoms with Crippen molar-refractivity contribution in [3.05, 3.63) is 60.2 Å². The van der Waals surface area contributed by atoms with Crippen LogP contribution in [0.3, 0.4) is 0 Å². The summed E-state index contributed by atoms with van der Waals surface area (Å²) in [5.41, 5.74) is 0.512. The zero-order valence-electron chi connectivity index (χ0n) is 7.97. The topological polar surface area (TPSA) is 33.0 Å². The molecule has 0 bridgehead atoms. The fourth-order valence-electron chi connectivity index (χ4n) is 1.21. The van der Waals surface area contributed by atoms with E-state index in [0.29, 0.717) is 17.1 Å². The van der Waals surface area contributed by atoms with Crippen molar-refractivity contribution >= 4 is 0 Å². The van der Waals surface area contributed by atoms with E-state index < -0.39 is 0 Å². The van der Waals surface area contributed by atoms with Gasteiger partial charge in [0.2, 0.25) is 0 Å². The second kappa shape index (κ2) is 4.30. The van der Waals surface area contributed by atoms with Gasteiger partial charge in [0.05, 0.1) is 5.56 Å². The fraction of sp³-hybridized carbons (Fsp3) is 0. The molecule has 0 aliphatic heterocycles. The van der Waals surface area contributed by atoms with Crippen LogP contribution in [-0.4, -0.2) is 0 Å². The molecular formula is C13H8NO. The quantitative estimate of drug-likeness (QED) is 0.735. The fourth-order valence-corrected chi connectivity index (χ4v) is 1.21. The van der Waals surface area contributed by atoms with Crippen molar-refractivity contribution < 1.29 is 4.74 Å². The number of nitriles is 1. The van der Waals surface area contributed by atoms with E-state index in [1.807, 2.05) is 30.3 Å². The number of ether oxygens (including phenoxy) is 1. The van der Waals surface area contributed by atoms with Crippen LogP contribution < -0.4 is 4.74 Å². The predicted molar refractivity (Wildman–Crippen MR) is 56.5 cm³/mol. The summed E-state index contributed by atoms with van der Waals surface area (Å²) in [5.74, 6) is 1.25. The van der Waals surface area contributed by atoms with Gasteiger partial charge in [-0.1, -0.05) is 24.3 Å². The van der Waals surface area contributed by atoms with Gasteiger partial charge >= 0.3 is 0 Å². The van der Waals surface area contributed by atoms with Gasteiger partial charge in [0.25, 0.3) is 0 Å². The molecule has 0 atom stereocenters. The minimum Gasteiger partial charge on any atom is -0.456 e. The Bertz CT molecular complexity index is 485. The lowest BCUT2D eigenvalue weighted by molar-refractivity contribution is 0.481. The van der Waals surface area contributed by atoms with Gasteiger partial charge in [-0.15, -0.1) is 0 Å². The highest BCUT2D eigenvalue weighted by Crippen LogP contribution is 2.23. The normalized spacial score (nSPS) is 9.27. The Morgan fingerprint density at radius 3 is 2.67 bits per heavy atom. The van der Waals surface area contributed by atoms with Gasteiger partial charge in [0.1, 0.15) is 17.6 Å². The van der Waals surface area contributed by atoms with Crippen LogP contribution in [0, 0.1) is 17.4 Å². The lowest BCUT2D eigenvalue weighted by atomic mass is 10.2. The maximum absolute atomic E-state index is 8.85. The molecule has 0 heterocycles. The van der Waals surface area contributed by atoms with Crippen molar-refractivity contribution in [2.24, 2.45) is 0 Å². The Morgan fingerprint density at radius 2 is 1.93 bits per heavy atom. The summed E-state index contributed by atoms with van der Waals surface area (Å²) in [6.45, 7) is 0. The molecule has 2 nitrogen and oxygen atoms in total. The third-order valence-electron chi connectivity index (χ3n) is 1.92. The number of hydrogen-bond donors (Lipinski definition) is 0. The Hall–Kier alpha value is -2.27. The van der Waals surface area contributed by atoms with Gasteiger partial charge in [-0.05, 0) is 30.3 Å². The van der Waals surface area contributed by atoms with E-state index in [0.717, 1.165) is 0 Å². The molecule has 71 valence electrons. The highest BCUT2D eigenvalue weighted by Gasteiger charge is 2.02. The molecule has 0 spiro atoms. The Balaban J connectivity index is 2.29. The molecule has 0 unspecified atom stereocenters. The van der Waals surface area contributed by atoms with Crippen LogP contribution in [-0.2, 0) is 0 Å². The maximum Gasteiger partial charge on any atom is 0.145 e. The second-order valence-corrected chi connectivity index (χ2v) is 2.95. The summed E-state index contributed by atoms with van der Waals surface area (Å²) in [7, 11) is 0. The molecule has 1 radical (unpaired) electrons. The highest BCUT2D eigenvalue weighted by molar-refractivity contribution is 5.44. The van der Waals surface area contributed by atoms with Crippen LogP contribution >= 0.6 is 0 Å². The standard InChI is InChI=1S/C13H8NO/c14-10-11-6-4-5-9-13(11)15-12-7-2-1-3-8-12/h1-4,6-9H. The zero-order chi connectivity index (χ0) is 10.5. The van der Waals surface area contributed by atoms with Gasteiger partial charge in [-0.3, -0.25) is 0 Å². The Labute approximate surface area is 88.4 Å². The van der Waals surface area contributed by atoms with Crippen LogP contribution in [0.1, 0.15) is 5.56 Å². The number of para-hydroxylation sites is 1. The van der Waals surface area contributed by atoms with Gasteiger partial charge in [0, 0.05) is 0 Å². The van der Waals surface area contributed by atoms with Crippen LogP contribution in [0.5, 0.6) is 11.5 Å². The molecule has 0 amide bonds. The molecule has 2 aromatic rings. The molecule has 0 saturated carbocycles. The van der Waals surface area contributed by atoms with Crippen molar-refractivity contribution in [1.82, 2.24) is 0 Å². The zero-order valence-corrected chi connectivity index (χ0v) is 7.97. The minimum atomic E-state index is 0.512. The van der Waals surface area contributed by atoms with Crippen LogP contribution in [0.15, 0.2) is 48.5 Å². The summed E-state index contributed by atoms with van der Waals surface area (Å²) < 4.78 is 5.55. The first kappa shape index (κ1) is 9.29. The van der Waals surface area contributed by atoms with E-state index in [-0.39, 0.29) is 0 Å². The number of benzene rings is 2. The highest BCUT2D eigenvalue weighted by atomic mass is 16.5. The first-order valence-corrected chi connectivity index (χ1v) is 4.53. The van der Waals surface area contributed by atoms with E-state index >= 15 is 0 Å². The van der Waals surface area contributed by atoms with Crippen LogP contribution in [0.2, 0.25) is 0 Å². The van der Waals surface area contributed by atoms with E-state index in [1.54, 1.807) is 18.2 Å². The molecule has 0 aromatic heterocycles. The maximum atomic E-state index is 8.85. The van der Waals surface area contributed by atoms with Gasteiger partial charge < -0.3 is 4.74 Å². The first-order chi connectivity index (χ1) is 7.40. The molecule has 0 aliphatic rings. The van der Waals surface area contributed by atoms with Gasteiger partial charge in [0.15, 0.2) is 0 Å². The second-order valence-electron chi connectivity index (χ2n) is 2.95. The van der Waals surface area contributed by atoms with Crippen molar-refractivity contribution in [3.8, 4) is 17.6 Å². The molecule has 0 fully saturated rings. The van der Waals surface area contributed by atoms with E-state index in [4.69, 9.17) is 10.00 Å². The summed E-state index contributed by atoms with van der Waals surface area (Å²) in [4.78, 5) is 0. The molecule has 0 N–H and O–H groups in total. The van der Waals surface area contributed by atoms with E-state index in [2.05, 4.69) is 12.1 Å². The smallest absolute Gasteiger partial charge is 0.145 e. The summed E-state index contributed by atoms with van der Waals surface area (Å²) in [6, 6.07) is 19.3. The third-order valence-corrected chi connectivity index (χ3v) is 1.92. The monoisotopic (exact) mass is 194 g/mol. The van der Waals surface area contributed by atoms with E-state index in [1.165, 1.54) is 0 Å². The average Bonchev–Trinajstić information content (AvgIpc) is 2.31. The molecule has 15 heavy (non-hydrogen) atoms. The Kier molecular flexibility index (Phi) is 2.66. The predicted octanol–water partition coefficient (Wildman–Crippen LogP) is 3.15. The lowest BCUT2D eigenvalue weighted by Crippen LogP contribution is -1.87.